The molecule has 5 nitrogen and oxygen atoms in total. The van der Waals surface area contributed by atoms with E-state index in [1.165, 1.54) is 35.1 Å². The molecule has 26 heavy (non-hydrogen) atoms. The zero-order valence-electron chi connectivity index (χ0n) is 13.0. The van der Waals surface area contributed by atoms with Crippen molar-refractivity contribution in [1.82, 2.24) is 9.78 Å². The molecule has 1 aromatic heterocycles. The Bertz CT molecular complexity index is 1050. The second-order valence-corrected chi connectivity index (χ2v) is 8.69. The van der Waals surface area contributed by atoms with Gasteiger partial charge in [0.05, 0.1) is 11.4 Å². The quantitative estimate of drug-likeness (QED) is 0.570. The summed E-state index contributed by atoms with van der Waals surface area (Å²) in [5.41, 5.74) is 0.766. The molecule has 0 saturated heterocycles. The van der Waals surface area contributed by atoms with Gasteiger partial charge in [0.1, 0.15) is 5.02 Å². The highest BCUT2D eigenvalue weighted by atomic mass is 35.5. The molecule has 0 amide bonds. The largest absolute Gasteiger partial charge is 0.265 e. The topological polar surface area (TPSA) is 64.0 Å². The van der Waals surface area contributed by atoms with Crippen molar-refractivity contribution >= 4 is 62.2 Å². The van der Waals surface area contributed by atoms with Crippen molar-refractivity contribution in [2.75, 3.05) is 4.72 Å². The molecule has 2 aromatic carbocycles. The van der Waals surface area contributed by atoms with Gasteiger partial charge in [0.15, 0.2) is 5.82 Å². The van der Waals surface area contributed by atoms with E-state index in [0.29, 0.717) is 21.6 Å². The summed E-state index contributed by atoms with van der Waals surface area (Å²) in [6, 6.07) is 10.8. The van der Waals surface area contributed by atoms with Crippen LogP contribution in [0.2, 0.25) is 20.1 Å². The fourth-order valence-corrected chi connectivity index (χ4v) is 4.04. The number of hydrogen-bond acceptors (Lipinski definition) is 3. The number of hydrogen-bond donors (Lipinski definition) is 1. The van der Waals surface area contributed by atoms with Crippen molar-refractivity contribution in [1.29, 1.82) is 0 Å². The molecule has 3 rings (SSSR count). The lowest BCUT2D eigenvalue weighted by Crippen LogP contribution is -2.14. The summed E-state index contributed by atoms with van der Waals surface area (Å²) in [5.74, 6) is 0.0201. The highest BCUT2D eigenvalue weighted by Gasteiger charge is 2.18. The molecule has 0 bridgehead atoms. The first-order valence-corrected chi connectivity index (χ1v) is 10.2. The molecule has 10 heteroatoms. The summed E-state index contributed by atoms with van der Waals surface area (Å²) in [7, 11) is -3.84. The Kier molecular flexibility index (Phi) is 5.69. The van der Waals surface area contributed by atoms with E-state index in [1.807, 2.05) is 0 Å². The number of nitrogens with zero attached hydrogens (tertiary/aromatic N) is 2. The first-order chi connectivity index (χ1) is 12.2. The number of halogens is 4. The van der Waals surface area contributed by atoms with Crippen molar-refractivity contribution in [3.05, 3.63) is 74.3 Å². The predicted molar refractivity (Wildman–Crippen MR) is 105 cm³/mol. The number of aromatic nitrogens is 2. The van der Waals surface area contributed by atoms with Crippen LogP contribution in [0.1, 0.15) is 5.56 Å². The fraction of sp³-hybridized carbons (Fsp3) is 0.0625. The zero-order valence-corrected chi connectivity index (χ0v) is 16.8. The molecule has 0 saturated carbocycles. The lowest BCUT2D eigenvalue weighted by Gasteiger charge is -2.07. The standard InChI is InChI=1S/C16H11Cl4N3O2S/c17-11-3-5-13(6-4-11)26(24,25)22-16-15(20)9-23(21-16)8-10-1-2-12(18)7-14(10)19/h1-7,9H,8H2,(H,21,22). The van der Waals surface area contributed by atoms with E-state index < -0.39 is 10.0 Å². The summed E-state index contributed by atoms with van der Waals surface area (Å²) in [4.78, 5) is 0.0493. The van der Waals surface area contributed by atoms with Crippen LogP contribution in [0.3, 0.4) is 0 Å². The molecule has 1 heterocycles. The molecule has 0 fully saturated rings. The molecule has 0 unspecified atom stereocenters. The predicted octanol–water partition coefficient (Wildman–Crippen LogP) is 5.35. The number of anilines is 1. The van der Waals surface area contributed by atoms with Crippen LogP contribution in [0.4, 0.5) is 5.82 Å². The molecule has 0 aliphatic heterocycles. The maximum absolute atomic E-state index is 12.4. The second-order valence-electron chi connectivity index (χ2n) is 5.32. The Balaban J connectivity index is 1.83. The third-order valence-corrected chi connectivity index (χ3v) is 5.89. The molecular formula is C16H11Cl4N3O2S. The molecule has 0 aliphatic rings. The van der Waals surface area contributed by atoms with Crippen LogP contribution in [-0.2, 0) is 16.6 Å². The first kappa shape index (κ1) is 19.3. The fourth-order valence-electron chi connectivity index (χ4n) is 2.17. The lowest BCUT2D eigenvalue weighted by molar-refractivity contribution is 0.600. The maximum Gasteiger partial charge on any atom is 0.263 e. The van der Waals surface area contributed by atoms with Gasteiger partial charge < -0.3 is 0 Å². The minimum atomic E-state index is -3.84. The van der Waals surface area contributed by atoms with Gasteiger partial charge in [-0.2, -0.15) is 5.10 Å². The molecule has 0 aliphatic carbocycles. The Morgan fingerprint density at radius 1 is 0.923 bits per heavy atom. The van der Waals surface area contributed by atoms with Gasteiger partial charge in [-0.05, 0) is 42.0 Å². The molecule has 0 spiro atoms. The van der Waals surface area contributed by atoms with Gasteiger partial charge in [0.2, 0.25) is 0 Å². The first-order valence-electron chi connectivity index (χ1n) is 7.20. The van der Waals surface area contributed by atoms with Gasteiger partial charge in [0.25, 0.3) is 10.0 Å². The average Bonchev–Trinajstić information content (AvgIpc) is 2.89. The molecule has 0 radical (unpaired) electrons. The van der Waals surface area contributed by atoms with Crippen LogP contribution in [0.15, 0.2) is 53.6 Å². The van der Waals surface area contributed by atoms with Gasteiger partial charge in [-0.25, -0.2) is 8.42 Å². The van der Waals surface area contributed by atoms with Crippen molar-refractivity contribution in [3.63, 3.8) is 0 Å². The summed E-state index contributed by atoms with van der Waals surface area (Å²) in [6.07, 6.45) is 1.51. The van der Waals surface area contributed by atoms with E-state index in [2.05, 4.69) is 9.82 Å². The summed E-state index contributed by atoms with van der Waals surface area (Å²) >= 11 is 23.9. The summed E-state index contributed by atoms with van der Waals surface area (Å²) in [5, 5.41) is 5.77. The number of sulfonamides is 1. The van der Waals surface area contributed by atoms with E-state index in [0.717, 1.165) is 5.56 Å². The number of benzene rings is 2. The molecule has 136 valence electrons. The van der Waals surface area contributed by atoms with Gasteiger partial charge in [-0.3, -0.25) is 9.40 Å². The monoisotopic (exact) mass is 449 g/mol. The van der Waals surface area contributed by atoms with Crippen molar-refractivity contribution in [2.45, 2.75) is 11.4 Å². The Morgan fingerprint density at radius 3 is 2.23 bits per heavy atom. The molecule has 0 atom stereocenters. The van der Waals surface area contributed by atoms with Crippen molar-refractivity contribution < 1.29 is 8.42 Å². The van der Waals surface area contributed by atoms with Crippen LogP contribution in [-0.4, -0.2) is 18.2 Å². The molecule has 3 aromatic rings. The van der Waals surface area contributed by atoms with E-state index in [9.17, 15) is 8.42 Å². The smallest absolute Gasteiger partial charge is 0.263 e. The third kappa shape index (κ3) is 4.45. The summed E-state index contributed by atoms with van der Waals surface area (Å²) < 4.78 is 28.7. The van der Waals surface area contributed by atoms with Crippen LogP contribution in [0, 0.1) is 0 Å². The second kappa shape index (κ2) is 7.66. The maximum atomic E-state index is 12.4. The Labute approximate surface area is 170 Å². The Morgan fingerprint density at radius 2 is 1.58 bits per heavy atom. The van der Waals surface area contributed by atoms with Crippen molar-refractivity contribution in [2.24, 2.45) is 0 Å². The van der Waals surface area contributed by atoms with Crippen LogP contribution in [0.5, 0.6) is 0 Å². The molecule has 1 N–H and O–H groups in total. The van der Waals surface area contributed by atoms with Gasteiger partial charge in [-0.1, -0.05) is 52.5 Å². The highest BCUT2D eigenvalue weighted by molar-refractivity contribution is 7.92. The van der Waals surface area contributed by atoms with E-state index in [-0.39, 0.29) is 15.7 Å². The van der Waals surface area contributed by atoms with Crippen LogP contribution < -0.4 is 4.72 Å². The normalized spacial score (nSPS) is 11.5. The molecular weight excluding hydrogens is 440 g/mol. The minimum absolute atomic E-state index is 0.0201. The summed E-state index contributed by atoms with van der Waals surface area (Å²) in [6.45, 7) is 0.304. The van der Waals surface area contributed by atoms with E-state index in [1.54, 1.807) is 18.2 Å². The van der Waals surface area contributed by atoms with Crippen molar-refractivity contribution in [3.8, 4) is 0 Å². The van der Waals surface area contributed by atoms with Gasteiger partial charge >= 0.3 is 0 Å². The average molecular weight is 451 g/mol. The van der Waals surface area contributed by atoms with Gasteiger partial charge in [-0.15, -0.1) is 0 Å². The van der Waals surface area contributed by atoms with E-state index in [4.69, 9.17) is 46.4 Å². The highest BCUT2D eigenvalue weighted by Crippen LogP contribution is 2.26. The van der Waals surface area contributed by atoms with Crippen LogP contribution in [0.25, 0.3) is 0 Å². The third-order valence-electron chi connectivity index (χ3n) is 3.42. The minimum Gasteiger partial charge on any atom is -0.265 e. The Hall–Kier alpha value is -1.44. The van der Waals surface area contributed by atoms with E-state index >= 15 is 0 Å². The van der Waals surface area contributed by atoms with Crippen LogP contribution >= 0.6 is 46.4 Å². The number of rotatable bonds is 5. The zero-order chi connectivity index (χ0) is 18.9. The lowest BCUT2D eigenvalue weighted by atomic mass is 10.2. The SMILES string of the molecule is O=S(=O)(Nc1nn(Cc2ccc(Cl)cc2Cl)cc1Cl)c1ccc(Cl)cc1. The van der Waals surface area contributed by atoms with Gasteiger partial charge in [0, 0.05) is 21.3 Å². The number of nitrogens with one attached hydrogen (secondary N) is 1.